The number of nitriles is 1. The summed E-state index contributed by atoms with van der Waals surface area (Å²) in [7, 11) is 0. The second-order valence-corrected chi connectivity index (χ2v) is 3.56. The average Bonchev–Trinajstić information content (AvgIpc) is 2.30. The molecule has 0 aromatic rings. The van der Waals surface area contributed by atoms with Crippen molar-refractivity contribution in [3.8, 4) is 6.07 Å². The van der Waals surface area contributed by atoms with E-state index in [-0.39, 0.29) is 30.0 Å². The molecule has 0 aliphatic heterocycles. The fourth-order valence-corrected chi connectivity index (χ4v) is 0.548. The van der Waals surface area contributed by atoms with Crippen LogP contribution in [0.15, 0.2) is 37.1 Å². The van der Waals surface area contributed by atoms with Gasteiger partial charge in [0, 0.05) is 5.57 Å². The Kier molecular flexibility index (Phi) is 16.2. The van der Waals surface area contributed by atoms with Crippen LogP contribution in [0.1, 0.15) is 26.7 Å². The predicted molar refractivity (Wildman–Crippen MR) is 76.5 cm³/mol. The lowest BCUT2D eigenvalue weighted by Crippen LogP contribution is -2.03. The average molecular weight is 280 g/mol. The van der Waals surface area contributed by atoms with Crippen LogP contribution in [0.2, 0.25) is 0 Å². The molecule has 0 aliphatic carbocycles. The fourth-order valence-electron chi connectivity index (χ4n) is 0.548. The van der Waals surface area contributed by atoms with Gasteiger partial charge in [-0.2, -0.15) is 5.26 Å². The van der Waals surface area contributed by atoms with Crippen molar-refractivity contribution in [1.29, 1.82) is 5.26 Å². The highest BCUT2D eigenvalue weighted by Crippen LogP contribution is 1.94. The Bertz CT molecular complexity index is 431. The molecule has 6 heteroatoms. The summed E-state index contributed by atoms with van der Waals surface area (Å²) in [5.74, 6) is -1.38. The Hall–Kier alpha value is -2.68. The number of rotatable bonds is 5. The quantitative estimate of drug-likeness (QED) is 0.584. The molecule has 0 heterocycles. The normalized spacial score (nSPS) is 7.45. The first kappa shape index (κ1) is 22.5. The third kappa shape index (κ3) is 20.7. The first-order valence-electron chi connectivity index (χ1n) is 5.42. The van der Waals surface area contributed by atoms with Gasteiger partial charge in [-0.05, 0) is 25.6 Å². The van der Waals surface area contributed by atoms with Gasteiger partial charge in [0.05, 0.1) is 18.9 Å². The van der Waals surface area contributed by atoms with Gasteiger partial charge >= 0.3 is 5.97 Å². The second kappa shape index (κ2) is 14.4. The summed E-state index contributed by atoms with van der Waals surface area (Å²) in [6.07, 6.45) is 1.14. The lowest BCUT2D eigenvalue weighted by molar-refractivity contribution is -0.132. The van der Waals surface area contributed by atoms with Crippen LogP contribution in [0, 0.1) is 11.3 Å². The molecule has 110 valence electrons. The third-order valence-electron chi connectivity index (χ3n) is 1.48. The molecule has 0 aromatic heterocycles. The number of nitrogens with zero attached hydrogens (tertiary/aromatic N) is 1. The minimum atomic E-state index is -1.11. The Morgan fingerprint density at radius 2 is 1.70 bits per heavy atom. The fraction of sp³-hybridized carbons (Fsp3) is 0.286. The number of ketones is 2. The van der Waals surface area contributed by atoms with E-state index < -0.39 is 5.97 Å². The molecule has 6 nitrogen and oxygen atoms in total. The molecule has 0 radical (unpaired) electrons. The van der Waals surface area contributed by atoms with Crippen molar-refractivity contribution in [3.05, 3.63) is 37.1 Å². The molecule has 3 N–H and O–H groups in total. The Labute approximate surface area is 118 Å². The van der Waals surface area contributed by atoms with Crippen molar-refractivity contribution in [2.45, 2.75) is 26.7 Å². The molecular weight excluding hydrogens is 260 g/mol. The number of nitrogens with two attached hydrogens (primary N) is 1. The van der Waals surface area contributed by atoms with Crippen LogP contribution in [0.3, 0.4) is 0 Å². The van der Waals surface area contributed by atoms with E-state index in [0.29, 0.717) is 5.57 Å². The molecule has 0 fully saturated rings. The molecule has 0 unspecified atom stereocenters. The number of hydrogen-bond donors (Lipinski definition) is 2. The summed E-state index contributed by atoms with van der Waals surface area (Å²) < 4.78 is 0. The van der Waals surface area contributed by atoms with E-state index >= 15 is 0 Å². The Morgan fingerprint density at radius 1 is 1.30 bits per heavy atom. The van der Waals surface area contributed by atoms with Crippen molar-refractivity contribution in [2.24, 2.45) is 5.73 Å². The molecular formula is C14H20N2O4. The minimum absolute atomic E-state index is 0.00463. The summed E-state index contributed by atoms with van der Waals surface area (Å²) in [6.45, 7) is 12.7. The predicted octanol–water partition coefficient (Wildman–Crippen LogP) is 1.74. The van der Waals surface area contributed by atoms with Crippen molar-refractivity contribution in [2.75, 3.05) is 0 Å². The Balaban J connectivity index is -0.000000243. The van der Waals surface area contributed by atoms with Gasteiger partial charge in [0.2, 0.25) is 0 Å². The smallest absolute Gasteiger partial charge is 0.332 e. The number of hydrogen-bond acceptors (Lipinski definition) is 5. The number of carbonyl (C=O) groups excluding carboxylic acids is 2. The van der Waals surface area contributed by atoms with Gasteiger partial charge in [-0.3, -0.25) is 9.59 Å². The van der Waals surface area contributed by atoms with Crippen LogP contribution in [0.4, 0.5) is 0 Å². The molecule has 0 amide bonds. The van der Waals surface area contributed by atoms with Crippen LogP contribution in [-0.2, 0) is 14.4 Å². The summed E-state index contributed by atoms with van der Waals surface area (Å²) in [4.78, 5) is 30.8. The number of carboxylic acids is 1. The standard InChI is InChI=1S/C7H10O2.C5H5NO2.C2H5N/c1-5(2)7(9)4-6(3)8;1-4(2-3-6)5(7)8;1-2-3/h1,4H2,2-3H3;1-2H2,(H,7,8);2H,1,3H2. The van der Waals surface area contributed by atoms with Crippen molar-refractivity contribution >= 4 is 17.5 Å². The SMILES string of the molecule is C=C(C)C(=O)CC(C)=O.C=C(CC#N)C(=O)O.C=CN. The van der Waals surface area contributed by atoms with E-state index in [9.17, 15) is 14.4 Å². The lowest BCUT2D eigenvalue weighted by atomic mass is 10.1. The van der Waals surface area contributed by atoms with E-state index in [1.807, 2.05) is 0 Å². The van der Waals surface area contributed by atoms with E-state index in [4.69, 9.17) is 10.4 Å². The second-order valence-electron chi connectivity index (χ2n) is 3.56. The van der Waals surface area contributed by atoms with Crippen LogP contribution in [-0.4, -0.2) is 22.6 Å². The van der Waals surface area contributed by atoms with E-state index in [0.717, 1.165) is 0 Å². The summed E-state index contributed by atoms with van der Waals surface area (Å²) >= 11 is 0. The Morgan fingerprint density at radius 3 is 1.80 bits per heavy atom. The highest BCUT2D eigenvalue weighted by Gasteiger charge is 2.03. The highest BCUT2D eigenvalue weighted by molar-refractivity contribution is 6.06. The molecule has 0 spiro atoms. The van der Waals surface area contributed by atoms with Gasteiger partial charge in [0.25, 0.3) is 0 Å². The lowest BCUT2D eigenvalue weighted by Gasteiger charge is -1.91. The third-order valence-corrected chi connectivity index (χ3v) is 1.48. The molecule has 20 heavy (non-hydrogen) atoms. The van der Waals surface area contributed by atoms with E-state index in [2.05, 4.69) is 25.5 Å². The number of carbonyl (C=O) groups is 3. The van der Waals surface area contributed by atoms with Gasteiger partial charge in [-0.25, -0.2) is 4.79 Å². The first-order chi connectivity index (χ1) is 9.13. The molecule has 0 saturated carbocycles. The summed E-state index contributed by atoms with van der Waals surface area (Å²) in [6, 6.07) is 1.67. The summed E-state index contributed by atoms with van der Waals surface area (Å²) in [5.41, 5.74) is 5.00. The zero-order valence-electron chi connectivity index (χ0n) is 11.8. The van der Waals surface area contributed by atoms with Crippen LogP contribution in [0.5, 0.6) is 0 Å². The molecule has 0 atom stereocenters. The molecule has 0 rings (SSSR count). The first-order valence-corrected chi connectivity index (χ1v) is 5.42. The highest BCUT2D eigenvalue weighted by atomic mass is 16.4. The maximum atomic E-state index is 10.6. The van der Waals surface area contributed by atoms with Gasteiger partial charge in [-0.15, -0.1) is 0 Å². The molecule has 0 bridgehead atoms. The molecule has 0 aliphatic rings. The zero-order valence-corrected chi connectivity index (χ0v) is 11.8. The molecule has 0 aromatic carbocycles. The topological polar surface area (TPSA) is 121 Å². The van der Waals surface area contributed by atoms with Crippen LogP contribution in [0.25, 0.3) is 0 Å². The maximum Gasteiger partial charge on any atom is 0.332 e. The molecule has 0 saturated heterocycles. The number of carboxylic acid groups (broad SMARTS) is 1. The largest absolute Gasteiger partial charge is 0.478 e. The number of allylic oxidation sites excluding steroid dienone is 1. The van der Waals surface area contributed by atoms with Gasteiger partial charge in [0.1, 0.15) is 5.78 Å². The van der Waals surface area contributed by atoms with Crippen molar-refractivity contribution in [1.82, 2.24) is 0 Å². The zero-order chi connectivity index (χ0) is 16.7. The van der Waals surface area contributed by atoms with Crippen LogP contribution < -0.4 is 5.73 Å². The van der Waals surface area contributed by atoms with Gasteiger partial charge in [-0.1, -0.05) is 19.7 Å². The van der Waals surface area contributed by atoms with E-state index in [1.165, 1.54) is 13.1 Å². The minimum Gasteiger partial charge on any atom is -0.478 e. The van der Waals surface area contributed by atoms with Crippen LogP contribution >= 0.6 is 0 Å². The number of Topliss-reactive ketones (excluding diaryl/α,β-unsaturated/α-hetero) is 2. The monoisotopic (exact) mass is 280 g/mol. The van der Waals surface area contributed by atoms with Gasteiger partial charge in [0.15, 0.2) is 5.78 Å². The van der Waals surface area contributed by atoms with Crippen molar-refractivity contribution < 1.29 is 19.5 Å². The van der Waals surface area contributed by atoms with E-state index in [1.54, 1.807) is 13.0 Å². The number of aliphatic carboxylic acids is 1. The van der Waals surface area contributed by atoms with Gasteiger partial charge < -0.3 is 10.8 Å². The summed E-state index contributed by atoms with van der Waals surface area (Å²) in [5, 5.41) is 16.0. The van der Waals surface area contributed by atoms with Crippen molar-refractivity contribution in [3.63, 3.8) is 0 Å². The maximum absolute atomic E-state index is 10.6.